The van der Waals surface area contributed by atoms with Gasteiger partial charge in [0.25, 0.3) is 0 Å². The first-order valence-electron chi connectivity index (χ1n) is 13.4. The van der Waals surface area contributed by atoms with Gasteiger partial charge in [0.15, 0.2) is 0 Å². The fourth-order valence-electron chi connectivity index (χ4n) is 4.18. The number of allylic oxidation sites excluding steroid dienone is 6. The fraction of sp³-hybridized carbons (Fsp3) is 0.533. The lowest BCUT2D eigenvalue weighted by atomic mass is 10.0. The average molecular weight is 531 g/mol. The first kappa shape index (κ1) is 32.6. The number of rotatable bonds is 12. The van der Waals surface area contributed by atoms with Gasteiger partial charge in [0.1, 0.15) is 12.4 Å². The third-order valence-corrected chi connectivity index (χ3v) is 6.38. The fourth-order valence-corrected chi connectivity index (χ4v) is 4.32. The van der Waals surface area contributed by atoms with Gasteiger partial charge in [-0.1, -0.05) is 55.5 Å². The van der Waals surface area contributed by atoms with Gasteiger partial charge in [-0.25, -0.2) is 0 Å². The summed E-state index contributed by atoms with van der Waals surface area (Å²) in [5, 5.41) is 4.35. The molecule has 0 saturated carbocycles. The SMILES string of the molecule is C/C=C\OCCN(CC1=CC#CCO1)C1CCN(CCNCC2=CC=C(Cl)CC=C2N)CC1.C=C.CC. The van der Waals surface area contributed by atoms with E-state index in [-0.39, 0.29) is 0 Å². The third-order valence-electron chi connectivity index (χ3n) is 6.10. The molecule has 1 saturated heterocycles. The molecule has 2 heterocycles. The summed E-state index contributed by atoms with van der Waals surface area (Å²) in [4.78, 5) is 5.03. The van der Waals surface area contributed by atoms with Crippen LogP contribution in [0.25, 0.3) is 0 Å². The van der Waals surface area contributed by atoms with Gasteiger partial charge in [-0.2, -0.15) is 0 Å². The zero-order valence-electron chi connectivity index (χ0n) is 23.1. The zero-order chi connectivity index (χ0) is 27.3. The van der Waals surface area contributed by atoms with E-state index in [1.807, 2.05) is 51.2 Å². The Kier molecular flexibility index (Phi) is 18.2. The van der Waals surface area contributed by atoms with Crippen molar-refractivity contribution < 1.29 is 9.47 Å². The van der Waals surface area contributed by atoms with Crippen molar-refractivity contribution >= 4 is 11.6 Å². The van der Waals surface area contributed by atoms with Crippen LogP contribution in [0.4, 0.5) is 0 Å². The molecule has 0 radical (unpaired) electrons. The minimum atomic E-state index is 0.488. The maximum atomic E-state index is 6.14. The van der Waals surface area contributed by atoms with Crippen LogP contribution in [0.3, 0.4) is 0 Å². The van der Waals surface area contributed by atoms with E-state index in [1.165, 1.54) is 0 Å². The van der Waals surface area contributed by atoms with Crippen molar-refractivity contribution in [2.75, 3.05) is 59.0 Å². The van der Waals surface area contributed by atoms with E-state index < -0.39 is 0 Å². The molecule has 3 aliphatic rings. The molecule has 0 atom stereocenters. The number of hydrogen-bond acceptors (Lipinski definition) is 6. The molecule has 3 rings (SSSR count). The lowest BCUT2D eigenvalue weighted by Crippen LogP contribution is -2.48. The van der Waals surface area contributed by atoms with Gasteiger partial charge in [0.05, 0.1) is 19.4 Å². The Morgan fingerprint density at radius 1 is 1.30 bits per heavy atom. The maximum Gasteiger partial charge on any atom is 0.149 e. The topological polar surface area (TPSA) is 63.0 Å². The second kappa shape index (κ2) is 20.6. The first-order valence-corrected chi connectivity index (χ1v) is 13.7. The van der Waals surface area contributed by atoms with Gasteiger partial charge in [-0.05, 0) is 44.5 Å². The Hall–Kier alpha value is -2.43. The first-order chi connectivity index (χ1) is 18.2. The number of nitrogens with one attached hydrogen (secondary N) is 1. The normalized spacial score (nSPS) is 17.9. The second-order valence-corrected chi connectivity index (χ2v) is 8.94. The maximum absolute atomic E-state index is 6.14. The summed E-state index contributed by atoms with van der Waals surface area (Å²) >= 11 is 6.11. The quantitative estimate of drug-likeness (QED) is 0.161. The number of hydrogen-bond donors (Lipinski definition) is 2. The summed E-state index contributed by atoms with van der Waals surface area (Å²) in [6.07, 6.45) is 14.5. The minimum Gasteiger partial charge on any atom is -0.500 e. The van der Waals surface area contributed by atoms with Crippen molar-refractivity contribution in [1.82, 2.24) is 15.1 Å². The highest BCUT2D eigenvalue weighted by Gasteiger charge is 2.25. The molecular formula is C30H47ClN4O2. The molecule has 0 aromatic rings. The number of piperidine rings is 1. The standard InChI is InChI=1S/C26H37ClN4O2.C2H6.C2H4/c1-2-17-32-19-16-31(21-25-5-3-4-18-33-25)24-10-13-30(14-11-24)15-12-29-20-22-6-7-23(27)8-9-26(22)28;2*1-2/h2,5-7,9,17,24,29H,8,10-16,18-21,28H2,1H3;1-2H3;1-2H2/b17-2-;;. The van der Waals surface area contributed by atoms with Crippen molar-refractivity contribution in [3.05, 3.63) is 71.9 Å². The van der Waals surface area contributed by atoms with Gasteiger partial charge in [0, 0.05) is 55.4 Å². The summed E-state index contributed by atoms with van der Waals surface area (Å²) in [7, 11) is 0. The molecule has 0 unspecified atom stereocenters. The van der Waals surface area contributed by atoms with E-state index in [0.29, 0.717) is 25.7 Å². The predicted molar refractivity (Wildman–Crippen MR) is 158 cm³/mol. The number of likely N-dealkylation sites (tertiary alicyclic amines) is 1. The highest BCUT2D eigenvalue weighted by Crippen LogP contribution is 2.19. The monoisotopic (exact) mass is 530 g/mol. The lowest BCUT2D eigenvalue weighted by molar-refractivity contribution is 0.0799. The molecule has 1 fully saturated rings. The molecule has 6 nitrogen and oxygen atoms in total. The number of ether oxygens (including phenoxy) is 2. The van der Waals surface area contributed by atoms with Gasteiger partial charge in [-0.15, -0.1) is 13.2 Å². The number of halogens is 1. The van der Waals surface area contributed by atoms with Crippen molar-refractivity contribution in [3.8, 4) is 11.8 Å². The lowest BCUT2D eigenvalue weighted by Gasteiger charge is -2.38. The van der Waals surface area contributed by atoms with Gasteiger partial charge in [0.2, 0.25) is 0 Å². The Labute approximate surface area is 230 Å². The molecule has 3 N–H and O–H groups in total. The number of nitrogens with zero attached hydrogens (tertiary/aromatic N) is 2. The summed E-state index contributed by atoms with van der Waals surface area (Å²) in [6, 6.07) is 0.528. The number of nitrogens with two attached hydrogens (primary N) is 1. The van der Waals surface area contributed by atoms with Gasteiger partial charge in [-0.3, -0.25) is 4.90 Å². The Bertz CT molecular complexity index is 859. The second-order valence-electron chi connectivity index (χ2n) is 8.45. The predicted octanol–water partition coefficient (Wildman–Crippen LogP) is 4.93. The van der Waals surface area contributed by atoms with E-state index in [1.54, 1.807) is 6.26 Å². The highest BCUT2D eigenvalue weighted by atomic mass is 35.5. The van der Waals surface area contributed by atoms with Crippen LogP contribution in [0.1, 0.15) is 40.0 Å². The van der Waals surface area contributed by atoms with E-state index in [2.05, 4.69) is 40.1 Å². The van der Waals surface area contributed by atoms with Gasteiger partial charge < -0.3 is 25.4 Å². The van der Waals surface area contributed by atoms with Crippen LogP contribution in [0.15, 0.2) is 71.9 Å². The highest BCUT2D eigenvalue weighted by molar-refractivity contribution is 6.29. The molecule has 0 aromatic heterocycles. The van der Waals surface area contributed by atoms with Crippen molar-refractivity contribution in [1.29, 1.82) is 0 Å². The third kappa shape index (κ3) is 13.1. The van der Waals surface area contributed by atoms with Crippen LogP contribution in [0, 0.1) is 11.8 Å². The van der Waals surface area contributed by atoms with Crippen LogP contribution in [-0.2, 0) is 9.47 Å². The minimum absolute atomic E-state index is 0.488. The van der Waals surface area contributed by atoms with E-state index in [4.69, 9.17) is 26.8 Å². The zero-order valence-corrected chi connectivity index (χ0v) is 23.9. The van der Waals surface area contributed by atoms with E-state index >= 15 is 0 Å². The molecule has 7 heteroatoms. The molecule has 0 aromatic carbocycles. The van der Waals surface area contributed by atoms with Crippen molar-refractivity contribution in [2.45, 2.75) is 46.1 Å². The van der Waals surface area contributed by atoms with Crippen LogP contribution in [0.2, 0.25) is 0 Å². The van der Waals surface area contributed by atoms with Crippen molar-refractivity contribution in [2.24, 2.45) is 5.73 Å². The molecule has 0 amide bonds. The largest absolute Gasteiger partial charge is 0.500 e. The van der Waals surface area contributed by atoms with Gasteiger partial charge >= 0.3 is 0 Å². The molecule has 0 bridgehead atoms. The molecule has 1 aliphatic carbocycles. The summed E-state index contributed by atoms with van der Waals surface area (Å²) in [5.41, 5.74) is 8.06. The van der Waals surface area contributed by atoms with Crippen LogP contribution in [-0.4, -0.2) is 74.9 Å². The summed E-state index contributed by atoms with van der Waals surface area (Å²) < 4.78 is 11.3. The Morgan fingerprint density at radius 3 is 2.73 bits per heavy atom. The Balaban J connectivity index is 0.00000163. The molecule has 2 aliphatic heterocycles. The Morgan fingerprint density at radius 2 is 2.05 bits per heavy atom. The smallest absolute Gasteiger partial charge is 0.149 e. The van der Waals surface area contributed by atoms with E-state index in [0.717, 1.165) is 80.7 Å². The molecule has 0 spiro atoms. The molecule has 37 heavy (non-hydrogen) atoms. The van der Waals surface area contributed by atoms with E-state index in [9.17, 15) is 0 Å². The average Bonchev–Trinajstić information content (AvgIpc) is 3.11. The summed E-state index contributed by atoms with van der Waals surface area (Å²) in [5.74, 6) is 6.95. The van der Waals surface area contributed by atoms with Crippen LogP contribution in [0.5, 0.6) is 0 Å². The van der Waals surface area contributed by atoms with Crippen molar-refractivity contribution in [3.63, 3.8) is 0 Å². The molecule has 206 valence electrons. The van der Waals surface area contributed by atoms with Crippen LogP contribution < -0.4 is 11.1 Å². The summed E-state index contributed by atoms with van der Waals surface area (Å²) in [6.45, 7) is 19.7. The molecular weight excluding hydrogens is 484 g/mol. The van der Waals surface area contributed by atoms with Crippen LogP contribution >= 0.6 is 11.6 Å².